The Morgan fingerprint density at radius 3 is 1.26 bits per heavy atom. The molecule has 8 nitrogen and oxygen atoms in total. The number of amidine groups is 2. The fraction of sp³-hybridized carbons (Fsp3) is 0.846. The minimum absolute atomic E-state index is 0.228. The Morgan fingerprint density at radius 2 is 0.941 bits per heavy atom. The molecule has 0 spiro atoms. The van der Waals surface area contributed by atoms with Gasteiger partial charge in [-0.3, -0.25) is 21.6 Å². The first-order valence-electron chi connectivity index (χ1n) is 13.7. The highest BCUT2D eigenvalue weighted by Gasteiger charge is 2.09. The number of unbranched alkanes of at least 4 members (excludes halogenated alkanes) is 5. The maximum Gasteiger partial charge on any atom is 0.193 e. The van der Waals surface area contributed by atoms with Crippen LogP contribution in [0, 0.1) is 33.5 Å². The third-order valence-corrected chi connectivity index (χ3v) is 6.38. The van der Waals surface area contributed by atoms with Crippen molar-refractivity contribution in [3.8, 4) is 0 Å². The molecule has 0 aliphatic carbocycles. The summed E-state index contributed by atoms with van der Waals surface area (Å²) in [4.78, 5) is 0. The van der Waals surface area contributed by atoms with Crippen LogP contribution in [0.4, 0.5) is 0 Å². The van der Waals surface area contributed by atoms with Gasteiger partial charge in [-0.25, -0.2) is 0 Å². The highest BCUT2D eigenvalue weighted by Crippen LogP contribution is 2.12. The molecular formula is C26H54N8. The quantitative estimate of drug-likeness (QED) is 0.0659. The van der Waals surface area contributed by atoms with E-state index in [0.717, 1.165) is 51.6 Å². The molecule has 34 heavy (non-hydrogen) atoms. The first kappa shape index (κ1) is 31.9. The monoisotopic (exact) mass is 478 g/mol. The molecular weight excluding hydrogens is 424 g/mol. The predicted octanol–water partition coefficient (Wildman–Crippen LogP) is 5.94. The maximum absolute atomic E-state index is 8.04. The second-order valence-corrected chi connectivity index (χ2v) is 9.47. The van der Waals surface area contributed by atoms with Crippen molar-refractivity contribution < 1.29 is 0 Å². The summed E-state index contributed by atoms with van der Waals surface area (Å²) in [5, 5.41) is 44.0. The van der Waals surface area contributed by atoms with E-state index in [9.17, 15) is 0 Å². The van der Waals surface area contributed by atoms with Crippen LogP contribution in [0.3, 0.4) is 0 Å². The largest absolute Gasteiger partial charge is 0.356 e. The van der Waals surface area contributed by atoms with E-state index in [4.69, 9.17) is 21.6 Å². The summed E-state index contributed by atoms with van der Waals surface area (Å²) >= 11 is 0. The fourth-order valence-electron chi connectivity index (χ4n) is 3.85. The van der Waals surface area contributed by atoms with Crippen molar-refractivity contribution in [3.05, 3.63) is 0 Å². The lowest BCUT2D eigenvalue weighted by atomic mass is 9.99. The van der Waals surface area contributed by atoms with Crippen molar-refractivity contribution in [1.82, 2.24) is 21.3 Å². The van der Waals surface area contributed by atoms with Crippen LogP contribution in [0.5, 0.6) is 0 Å². The minimum atomic E-state index is 0.228. The van der Waals surface area contributed by atoms with Crippen molar-refractivity contribution in [1.29, 1.82) is 21.6 Å². The Kier molecular flexibility index (Phi) is 20.1. The second kappa shape index (κ2) is 21.4. The van der Waals surface area contributed by atoms with Crippen LogP contribution in [0.25, 0.3) is 0 Å². The molecule has 0 aliphatic rings. The molecule has 2 unspecified atom stereocenters. The number of rotatable bonds is 19. The van der Waals surface area contributed by atoms with Crippen molar-refractivity contribution in [2.75, 3.05) is 13.1 Å². The lowest BCUT2D eigenvalue weighted by Gasteiger charge is -2.17. The number of guanidine groups is 2. The summed E-state index contributed by atoms with van der Waals surface area (Å²) in [6.45, 7) is 10.4. The number of nitrogens with one attached hydrogen (secondary N) is 8. The molecule has 0 saturated heterocycles. The zero-order chi connectivity index (χ0) is 25.6. The molecule has 198 valence electrons. The summed E-state index contributed by atoms with van der Waals surface area (Å²) < 4.78 is 0. The zero-order valence-electron chi connectivity index (χ0n) is 22.5. The van der Waals surface area contributed by atoms with Gasteiger partial charge < -0.3 is 21.3 Å². The highest BCUT2D eigenvalue weighted by atomic mass is 15.2. The van der Waals surface area contributed by atoms with Crippen molar-refractivity contribution in [2.45, 2.75) is 118 Å². The standard InChI is InChI=1S/C26H54N8/c1-5-9-15-21(7-3)19-31-25(29)33-23(27)17-13-11-12-14-18-24(28)34-26(30)32-20-22(8-4)16-10-6-2/h21-22H,5-20H2,1-4H3,(H4,27,29,31,33)(H4,28,30,32,34). The van der Waals surface area contributed by atoms with E-state index in [1.54, 1.807) is 0 Å². The van der Waals surface area contributed by atoms with Gasteiger partial charge in [-0.2, -0.15) is 0 Å². The average molecular weight is 479 g/mol. The van der Waals surface area contributed by atoms with Crippen LogP contribution >= 0.6 is 0 Å². The summed E-state index contributed by atoms with van der Waals surface area (Å²) in [7, 11) is 0. The molecule has 0 aromatic rings. The first-order chi connectivity index (χ1) is 16.4. The molecule has 0 saturated carbocycles. The van der Waals surface area contributed by atoms with Crippen LogP contribution in [0.15, 0.2) is 0 Å². The minimum Gasteiger partial charge on any atom is -0.356 e. The van der Waals surface area contributed by atoms with E-state index >= 15 is 0 Å². The van der Waals surface area contributed by atoms with E-state index in [1.165, 1.54) is 38.5 Å². The molecule has 8 N–H and O–H groups in total. The molecule has 0 heterocycles. The number of hydrogen-bond donors (Lipinski definition) is 8. The van der Waals surface area contributed by atoms with Crippen LogP contribution in [-0.4, -0.2) is 36.7 Å². The third-order valence-electron chi connectivity index (χ3n) is 6.38. The van der Waals surface area contributed by atoms with Crippen molar-refractivity contribution >= 4 is 23.6 Å². The average Bonchev–Trinajstić information content (AvgIpc) is 2.81. The van der Waals surface area contributed by atoms with E-state index in [1.807, 2.05) is 0 Å². The van der Waals surface area contributed by atoms with E-state index in [2.05, 4.69) is 49.0 Å². The first-order valence-corrected chi connectivity index (χ1v) is 13.7. The second-order valence-electron chi connectivity index (χ2n) is 9.47. The van der Waals surface area contributed by atoms with Gasteiger partial charge >= 0.3 is 0 Å². The molecule has 0 aliphatic heterocycles. The SMILES string of the molecule is CCCCC(CC)CNC(=N)NC(=N)CCCCCCC(=N)NC(=N)NCC(CC)CCCC. The normalized spacial score (nSPS) is 12.5. The maximum atomic E-state index is 8.04. The van der Waals surface area contributed by atoms with Gasteiger partial charge in [0.15, 0.2) is 11.9 Å². The summed E-state index contributed by atoms with van der Waals surface area (Å²) in [5.41, 5.74) is 0. The lowest BCUT2D eigenvalue weighted by Crippen LogP contribution is -2.41. The smallest absolute Gasteiger partial charge is 0.193 e. The van der Waals surface area contributed by atoms with Gasteiger partial charge in [0, 0.05) is 25.9 Å². The molecule has 0 aromatic carbocycles. The predicted molar refractivity (Wildman–Crippen MR) is 147 cm³/mol. The van der Waals surface area contributed by atoms with E-state index in [-0.39, 0.29) is 11.9 Å². The Hall–Kier alpha value is -2.12. The van der Waals surface area contributed by atoms with Crippen molar-refractivity contribution in [2.24, 2.45) is 11.8 Å². The third kappa shape index (κ3) is 18.3. The van der Waals surface area contributed by atoms with Crippen LogP contribution in [0.1, 0.15) is 118 Å². The Balaban J connectivity index is 3.81. The molecule has 0 rings (SSSR count). The molecule has 8 heteroatoms. The van der Waals surface area contributed by atoms with Gasteiger partial charge in [0.2, 0.25) is 0 Å². The van der Waals surface area contributed by atoms with Gasteiger partial charge in [0.1, 0.15) is 0 Å². The zero-order valence-corrected chi connectivity index (χ0v) is 22.5. The van der Waals surface area contributed by atoms with Gasteiger partial charge in [-0.1, -0.05) is 79.1 Å². The molecule has 0 aromatic heterocycles. The fourth-order valence-corrected chi connectivity index (χ4v) is 3.85. The Labute approximate surface area is 209 Å². The summed E-state index contributed by atoms with van der Waals surface area (Å²) in [5.74, 6) is 2.40. The topological polar surface area (TPSA) is 144 Å². The van der Waals surface area contributed by atoms with Gasteiger partial charge in [-0.15, -0.1) is 0 Å². The Morgan fingerprint density at radius 1 is 0.559 bits per heavy atom. The molecule has 0 bridgehead atoms. The lowest BCUT2D eigenvalue weighted by molar-refractivity contribution is 0.444. The van der Waals surface area contributed by atoms with E-state index < -0.39 is 0 Å². The number of hydrogen-bond acceptors (Lipinski definition) is 4. The van der Waals surface area contributed by atoms with E-state index in [0.29, 0.717) is 36.3 Å². The molecule has 0 amide bonds. The summed E-state index contributed by atoms with van der Waals surface area (Å²) in [6.07, 6.45) is 14.5. The molecule has 2 atom stereocenters. The Bertz CT molecular complexity index is 525. The molecule has 0 fully saturated rings. The van der Waals surface area contributed by atoms with Crippen LogP contribution in [-0.2, 0) is 0 Å². The van der Waals surface area contributed by atoms with Crippen LogP contribution in [0.2, 0.25) is 0 Å². The summed E-state index contributed by atoms with van der Waals surface area (Å²) in [6, 6.07) is 0. The van der Waals surface area contributed by atoms with Gasteiger partial charge in [0.25, 0.3) is 0 Å². The highest BCUT2D eigenvalue weighted by molar-refractivity contribution is 5.97. The van der Waals surface area contributed by atoms with Crippen molar-refractivity contribution in [3.63, 3.8) is 0 Å². The van der Waals surface area contributed by atoms with Gasteiger partial charge in [-0.05, 0) is 37.5 Å². The van der Waals surface area contributed by atoms with Crippen LogP contribution < -0.4 is 21.3 Å². The molecule has 0 radical (unpaired) electrons. The van der Waals surface area contributed by atoms with Gasteiger partial charge in [0.05, 0.1) is 11.7 Å².